The molecule has 0 spiro atoms. The van der Waals surface area contributed by atoms with E-state index in [0.29, 0.717) is 17.9 Å². The zero-order chi connectivity index (χ0) is 23.6. The summed E-state index contributed by atoms with van der Waals surface area (Å²) in [6.07, 6.45) is -0.154. The van der Waals surface area contributed by atoms with Crippen LogP contribution in [0.2, 0.25) is 0 Å². The summed E-state index contributed by atoms with van der Waals surface area (Å²) in [7, 11) is -2.02. The van der Waals surface area contributed by atoms with Gasteiger partial charge in [0.25, 0.3) is 0 Å². The zero-order valence-electron chi connectivity index (χ0n) is 19.3. The Morgan fingerprint density at radius 2 is 1.67 bits per heavy atom. The Bertz CT molecular complexity index is 1190. The fourth-order valence-corrected chi connectivity index (χ4v) is 6.21. The molecule has 0 amide bonds. The van der Waals surface area contributed by atoms with Crippen molar-refractivity contribution in [2.24, 2.45) is 5.92 Å². The molecule has 1 aliphatic rings. The molecule has 4 rings (SSSR count). The number of methoxy groups -OCH3 is 1. The Balaban J connectivity index is 1.68. The highest BCUT2D eigenvalue weighted by molar-refractivity contribution is 7.89. The normalized spacial score (nSPS) is 20.4. The number of aryl methyl sites for hydroxylation is 2. The summed E-state index contributed by atoms with van der Waals surface area (Å²) >= 11 is 0. The molecular formula is C27H31NO4S. The van der Waals surface area contributed by atoms with Crippen molar-refractivity contribution in [2.45, 2.75) is 37.2 Å². The summed E-state index contributed by atoms with van der Waals surface area (Å²) < 4.78 is 33.6. The molecule has 3 atom stereocenters. The smallest absolute Gasteiger partial charge is 0.243 e. The van der Waals surface area contributed by atoms with E-state index in [1.807, 2.05) is 74.5 Å². The van der Waals surface area contributed by atoms with Crippen LogP contribution in [0.1, 0.15) is 40.7 Å². The van der Waals surface area contributed by atoms with Gasteiger partial charge in [-0.15, -0.1) is 0 Å². The van der Waals surface area contributed by atoms with Crippen molar-refractivity contribution in [2.75, 3.05) is 20.2 Å². The van der Waals surface area contributed by atoms with E-state index in [1.165, 1.54) is 4.31 Å². The van der Waals surface area contributed by atoms with E-state index in [9.17, 15) is 13.5 Å². The van der Waals surface area contributed by atoms with E-state index in [-0.39, 0.29) is 18.4 Å². The van der Waals surface area contributed by atoms with E-state index in [2.05, 4.69) is 0 Å². The van der Waals surface area contributed by atoms with Crippen LogP contribution in [0.5, 0.6) is 5.75 Å². The molecule has 0 radical (unpaired) electrons. The first kappa shape index (κ1) is 23.5. The predicted molar refractivity (Wildman–Crippen MR) is 130 cm³/mol. The molecule has 1 aliphatic heterocycles. The van der Waals surface area contributed by atoms with E-state index in [1.54, 1.807) is 19.2 Å². The Labute approximate surface area is 196 Å². The standard InChI is InChI=1S/C27H31NO4S/c1-19-7-13-24(14-8-19)33(30,31)28-16-15-25(21-9-11-23(32-3)12-10-21)26(18-28)27(29)22-6-4-5-20(2)17-22/h4-14,17,25-27,29H,15-16,18H2,1-3H3/t25-,26+,27+/m1/s1. The van der Waals surface area contributed by atoms with Crippen LogP contribution < -0.4 is 4.74 Å². The highest BCUT2D eigenvalue weighted by Crippen LogP contribution is 2.42. The first-order valence-electron chi connectivity index (χ1n) is 11.2. The molecule has 174 valence electrons. The van der Waals surface area contributed by atoms with Gasteiger partial charge >= 0.3 is 0 Å². The summed E-state index contributed by atoms with van der Waals surface area (Å²) in [6, 6.07) is 22.6. The van der Waals surface area contributed by atoms with Gasteiger partial charge < -0.3 is 9.84 Å². The minimum absolute atomic E-state index is 0.0240. The number of piperidine rings is 1. The van der Waals surface area contributed by atoms with Crippen LogP contribution in [0.4, 0.5) is 0 Å². The van der Waals surface area contributed by atoms with Gasteiger partial charge in [-0.25, -0.2) is 8.42 Å². The number of hydrogen-bond acceptors (Lipinski definition) is 4. The van der Waals surface area contributed by atoms with Gasteiger partial charge in [-0.2, -0.15) is 4.31 Å². The van der Waals surface area contributed by atoms with E-state index in [0.717, 1.165) is 28.0 Å². The lowest BCUT2D eigenvalue weighted by Gasteiger charge is -2.40. The van der Waals surface area contributed by atoms with Crippen molar-refractivity contribution in [3.63, 3.8) is 0 Å². The number of nitrogens with zero attached hydrogens (tertiary/aromatic N) is 1. The maximum absolute atomic E-state index is 13.4. The SMILES string of the molecule is COc1ccc([C@H]2CCN(S(=O)(=O)c3ccc(C)cc3)C[C@@H]2[C@@H](O)c2cccc(C)c2)cc1. The Morgan fingerprint density at radius 1 is 0.970 bits per heavy atom. The van der Waals surface area contributed by atoms with E-state index < -0.39 is 16.1 Å². The molecule has 33 heavy (non-hydrogen) atoms. The number of sulfonamides is 1. The lowest BCUT2D eigenvalue weighted by Crippen LogP contribution is -2.45. The summed E-state index contributed by atoms with van der Waals surface area (Å²) in [5, 5.41) is 11.4. The lowest BCUT2D eigenvalue weighted by atomic mass is 9.76. The van der Waals surface area contributed by atoms with Crippen LogP contribution in [0.25, 0.3) is 0 Å². The van der Waals surface area contributed by atoms with Crippen LogP contribution in [-0.2, 0) is 10.0 Å². The monoisotopic (exact) mass is 465 g/mol. The topological polar surface area (TPSA) is 66.8 Å². The van der Waals surface area contributed by atoms with Crippen molar-refractivity contribution in [3.05, 3.63) is 95.1 Å². The van der Waals surface area contributed by atoms with Crippen molar-refractivity contribution >= 4 is 10.0 Å². The first-order valence-corrected chi connectivity index (χ1v) is 12.7. The molecule has 1 fully saturated rings. The van der Waals surface area contributed by atoms with Gasteiger partial charge in [0.2, 0.25) is 10.0 Å². The lowest BCUT2D eigenvalue weighted by molar-refractivity contribution is 0.0587. The number of aliphatic hydroxyl groups excluding tert-OH is 1. The summed E-state index contributed by atoms with van der Waals surface area (Å²) in [6.45, 7) is 4.59. The number of hydrogen-bond donors (Lipinski definition) is 1. The molecule has 0 aromatic heterocycles. The number of benzene rings is 3. The Morgan fingerprint density at radius 3 is 2.30 bits per heavy atom. The molecule has 3 aromatic carbocycles. The van der Waals surface area contributed by atoms with Gasteiger partial charge in [-0.3, -0.25) is 0 Å². The third-order valence-corrected chi connectivity index (χ3v) is 8.49. The van der Waals surface area contributed by atoms with Gasteiger partial charge in [0.05, 0.1) is 18.1 Å². The minimum atomic E-state index is -3.65. The van der Waals surface area contributed by atoms with Gasteiger partial charge in [-0.05, 0) is 61.6 Å². The molecule has 3 aromatic rings. The highest BCUT2D eigenvalue weighted by Gasteiger charge is 2.40. The Hall–Kier alpha value is -2.67. The summed E-state index contributed by atoms with van der Waals surface area (Å²) in [5.74, 6) is 0.513. The van der Waals surface area contributed by atoms with Crippen LogP contribution >= 0.6 is 0 Å². The number of ether oxygens (including phenoxy) is 1. The van der Waals surface area contributed by atoms with Crippen LogP contribution in [0, 0.1) is 19.8 Å². The van der Waals surface area contributed by atoms with Crippen LogP contribution in [0.3, 0.4) is 0 Å². The quantitative estimate of drug-likeness (QED) is 0.566. The second-order valence-corrected chi connectivity index (χ2v) is 10.8. The van der Waals surface area contributed by atoms with Crippen LogP contribution in [0.15, 0.2) is 77.7 Å². The Kier molecular flexibility index (Phi) is 6.88. The zero-order valence-corrected chi connectivity index (χ0v) is 20.1. The van der Waals surface area contributed by atoms with Crippen molar-refractivity contribution in [3.8, 4) is 5.75 Å². The minimum Gasteiger partial charge on any atom is -0.497 e. The molecule has 6 heteroatoms. The van der Waals surface area contributed by atoms with E-state index >= 15 is 0 Å². The molecule has 1 saturated heterocycles. The van der Waals surface area contributed by atoms with E-state index in [4.69, 9.17) is 4.74 Å². The van der Waals surface area contributed by atoms with Gasteiger partial charge in [0.15, 0.2) is 0 Å². The maximum Gasteiger partial charge on any atom is 0.243 e. The third kappa shape index (κ3) is 4.98. The third-order valence-electron chi connectivity index (χ3n) is 6.61. The average Bonchev–Trinajstić information content (AvgIpc) is 2.83. The molecule has 0 unspecified atom stereocenters. The van der Waals surface area contributed by atoms with Crippen molar-refractivity contribution in [1.29, 1.82) is 0 Å². The molecule has 0 aliphatic carbocycles. The molecule has 1 heterocycles. The van der Waals surface area contributed by atoms with Crippen LogP contribution in [-0.4, -0.2) is 38.0 Å². The summed E-state index contributed by atoms with van der Waals surface area (Å²) in [4.78, 5) is 0.291. The molecule has 0 bridgehead atoms. The van der Waals surface area contributed by atoms with Gasteiger partial charge in [-0.1, -0.05) is 59.7 Å². The molecular weight excluding hydrogens is 434 g/mol. The largest absolute Gasteiger partial charge is 0.497 e. The molecule has 1 N–H and O–H groups in total. The second kappa shape index (κ2) is 9.67. The number of rotatable bonds is 6. The molecule has 0 saturated carbocycles. The van der Waals surface area contributed by atoms with Crippen molar-refractivity contribution in [1.82, 2.24) is 4.31 Å². The van der Waals surface area contributed by atoms with Gasteiger partial charge in [0.1, 0.15) is 5.75 Å². The fraction of sp³-hybridized carbons (Fsp3) is 0.333. The molecule has 5 nitrogen and oxygen atoms in total. The second-order valence-electron chi connectivity index (χ2n) is 8.87. The summed E-state index contributed by atoms with van der Waals surface area (Å²) in [5.41, 5.74) is 3.97. The van der Waals surface area contributed by atoms with Crippen molar-refractivity contribution < 1.29 is 18.3 Å². The van der Waals surface area contributed by atoms with Gasteiger partial charge in [0, 0.05) is 19.0 Å². The predicted octanol–water partition coefficient (Wildman–Crippen LogP) is 4.84. The highest BCUT2D eigenvalue weighted by atomic mass is 32.2. The maximum atomic E-state index is 13.4. The number of aliphatic hydroxyl groups is 1. The first-order chi connectivity index (χ1) is 15.8. The average molecular weight is 466 g/mol. The fourth-order valence-electron chi connectivity index (χ4n) is 4.71.